The van der Waals surface area contributed by atoms with Crippen LogP contribution >= 0.6 is 0 Å². The second kappa shape index (κ2) is 10.2. The van der Waals surface area contributed by atoms with Crippen molar-refractivity contribution in [1.82, 2.24) is 19.6 Å². The van der Waals surface area contributed by atoms with Gasteiger partial charge in [0.2, 0.25) is 0 Å². The summed E-state index contributed by atoms with van der Waals surface area (Å²) in [7, 11) is 2.09. The van der Waals surface area contributed by atoms with E-state index in [1.165, 1.54) is 24.0 Å². The quantitative estimate of drug-likeness (QED) is 0.700. The molecule has 0 bridgehead atoms. The van der Waals surface area contributed by atoms with Gasteiger partial charge in [-0.05, 0) is 57.7 Å². The summed E-state index contributed by atoms with van der Waals surface area (Å²) < 4.78 is 13.6. The third-order valence-corrected chi connectivity index (χ3v) is 6.44. The number of likely N-dealkylation sites (N-methyl/N-ethyl adjacent to an activating group) is 1. The van der Waals surface area contributed by atoms with Gasteiger partial charge in [-0.3, -0.25) is 4.90 Å². The Morgan fingerprint density at radius 2 is 2.07 bits per heavy atom. The molecule has 7 heteroatoms. The van der Waals surface area contributed by atoms with Gasteiger partial charge in [0, 0.05) is 44.0 Å². The minimum Gasteiger partial charge on any atom is -0.676 e. The molecule has 2 atom stereocenters. The second-order valence-corrected chi connectivity index (χ2v) is 8.60. The molecule has 4 rings (SSSR count). The van der Waals surface area contributed by atoms with E-state index in [4.69, 9.17) is 20.3 Å². The Hall–Kier alpha value is -1.25. The van der Waals surface area contributed by atoms with Crippen molar-refractivity contribution < 1.29 is 9.47 Å². The molecule has 162 valence electrons. The summed E-state index contributed by atoms with van der Waals surface area (Å²) in [6.07, 6.45) is 11.5. The topological polar surface area (TPSA) is 66.6 Å². The van der Waals surface area contributed by atoms with E-state index in [9.17, 15) is 0 Å². The number of hydrogen-bond acceptors (Lipinski definition) is 5. The van der Waals surface area contributed by atoms with Crippen LogP contribution in [0.4, 0.5) is 0 Å². The first kappa shape index (κ1) is 21.0. The molecule has 2 saturated heterocycles. The van der Waals surface area contributed by atoms with Crippen molar-refractivity contribution in [3.63, 3.8) is 0 Å². The normalized spacial score (nSPS) is 26.7. The van der Waals surface area contributed by atoms with Crippen molar-refractivity contribution >= 4 is 5.57 Å². The van der Waals surface area contributed by atoms with Crippen LogP contribution in [0.1, 0.15) is 56.0 Å². The number of aromatic nitrogens is 2. The van der Waals surface area contributed by atoms with E-state index in [-0.39, 0.29) is 6.23 Å². The summed E-state index contributed by atoms with van der Waals surface area (Å²) in [5.74, 6) is 0. The van der Waals surface area contributed by atoms with Crippen LogP contribution in [-0.4, -0.2) is 78.7 Å². The maximum absolute atomic E-state index is 7.53. The number of rotatable bonds is 7. The van der Waals surface area contributed by atoms with E-state index in [1.807, 2.05) is 0 Å². The van der Waals surface area contributed by atoms with Crippen LogP contribution in [0.15, 0.2) is 12.3 Å². The zero-order chi connectivity index (χ0) is 20.1. The molecule has 1 aromatic rings. The molecular formula is C22H36N5O2-. The molecule has 0 radical (unpaired) electrons. The van der Waals surface area contributed by atoms with Crippen molar-refractivity contribution in [1.29, 1.82) is 0 Å². The fourth-order valence-electron chi connectivity index (χ4n) is 4.77. The highest BCUT2D eigenvalue weighted by Gasteiger charge is 2.26. The van der Waals surface area contributed by atoms with Crippen LogP contribution in [0, 0.1) is 0 Å². The molecule has 0 aromatic carbocycles. The molecule has 1 N–H and O–H groups in total. The Kier molecular flexibility index (Phi) is 7.37. The number of morpholine rings is 1. The van der Waals surface area contributed by atoms with Gasteiger partial charge >= 0.3 is 0 Å². The minimum absolute atomic E-state index is 0.0722. The molecule has 1 aliphatic carbocycles. The summed E-state index contributed by atoms with van der Waals surface area (Å²) in [4.78, 5) is 4.81. The zero-order valence-corrected chi connectivity index (χ0v) is 17.8. The summed E-state index contributed by atoms with van der Waals surface area (Å²) in [5.41, 5.74) is 11.3. The summed E-state index contributed by atoms with van der Waals surface area (Å²) in [6.45, 7) is 6.73. The van der Waals surface area contributed by atoms with E-state index in [0.29, 0.717) is 12.6 Å². The lowest BCUT2D eigenvalue weighted by Crippen LogP contribution is -2.44. The van der Waals surface area contributed by atoms with Crippen molar-refractivity contribution in [3.8, 4) is 0 Å². The molecule has 2 aliphatic heterocycles. The monoisotopic (exact) mass is 402 g/mol. The van der Waals surface area contributed by atoms with Gasteiger partial charge in [0.25, 0.3) is 0 Å². The van der Waals surface area contributed by atoms with Gasteiger partial charge in [0.05, 0.1) is 18.9 Å². The SMILES string of the molecule is CN(CC[NH-])Cc1cn(C2CCCCO2)nc1C1=CCC(N2CCOCC2)CC1. The average Bonchev–Trinajstić information content (AvgIpc) is 3.19. The fraction of sp³-hybridized carbons (Fsp3) is 0.773. The van der Waals surface area contributed by atoms with Crippen LogP contribution in [0.2, 0.25) is 0 Å². The van der Waals surface area contributed by atoms with E-state index in [2.05, 4.69) is 33.8 Å². The summed E-state index contributed by atoms with van der Waals surface area (Å²) in [6, 6.07) is 0.640. The van der Waals surface area contributed by atoms with Gasteiger partial charge < -0.3 is 20.1 Å². The van der Waals surface area contributed by atoms with Crippen molar-refractivity contribution in [2.24, 2.45) is 0 Å². The third-order valence-electron chi connectivity index (χ3n) is 6.44. The lowest BCUT2D eigenvalue weighted by molar-refractivity contribution is -0.0396. The molecule has 29 heavy (non-hydrogen) atoms. The smallest absolute Gasteiger partial charge is 0.150 e. The minimum atomic E-state index is 0.0722. The molecule has 7 nitrogen and oxygen atoms in total. The van der Waals surface area contributed by atoms with Crippen LogP contribution in [-0.2, 0) is 16.0 Å². The van der Waals surface area contributed by atoms with Crippen molar-refractivity contribution in [3.05, 3.63) is 29.3 Å². The zero-order valence-electron chi connectivity index (χ0n) is 17.8. The Bertz CT molecular complexity index is 677. The second-order valence-electron chi connectivity index (χ2n) is 8.60. The number of nitrogens with one attached hydrogen (secondary N) is 1. The van der Waals surface area contributed by atoms with Gasteiger partial charge in [0.15, 0.2) is 0 Å². The van der Waals surface area contributed by atoms with E-state index in [0.717, 1.165) is 77.4 Å². The predicted octanol–water partition coefficient (Wildman–Crippen LogP) is 3.33. The van der Waals surface area contributed by atoms with Crippen LogP contribution in [0.3, 0.4) is 0 Å². The van der Waals surface area contributed by atoms with Crippen LogP contribution in [0.5, 0.6) is 0 Å². The lowest BCUT2D eigenvalue weighted by Gasteiger charge is -2.36. The molecule has 0 amide bonds. The van der Waals surface area contributed by atoms with Gasteiger partial charge in [-0.25, -0.2) is 4.68 Å². The first-order chi connectivity index (χ1) is 14.2. The number of ether oxygens (including phenoxy) is 2. The molecule has 3 heterocycles. The standard InChI is InChI=1S/C22H36N5O2/c1-25(10-9-23)16-19-17-27(21-4-2-3-13-29-21)24-22(19)18-5-7-20(8-6-18)26-11-14-28-15-12-26/h5,17,20-21,23H,2-4,6-16H2,1H3/q-1. The van der Waals surface area contributed by atoms with Crippen molar-refractivity contribution in [2.45, 2.75) is 57.3 Å². The largest absolute Gasteiger partial charge is 0.676 e. The van der Waals surface area contributed by atoms with Gasteiger partial charge in [-0.2, -0.15) is 5.10 Å². The Labute approximate surface area is 174 Å². The molecule has 0 spiro atoms. The lowest BCUT2D eigenvalue weighted by atomic mass is 9.91. The highest BCUT2D eigenvalue weighted by Crippen LogP contribution is 2.32. The molecule has 3 aliphatic rings. The molecule has 2 fully saturated rings. The fourth-order valence-corrected chi connectivity index (χ4v) is 4.77. The third kappa shape index (κ3) is 5.27. The van der Waals surface area contributed by atoms with Crippen LogP contribution in [0.25, 0.3) is 11.3 Å². The maximum atomic E-state index is 7.53. The first-order valence-corrected chi connectivity index (χ1v) is 11.3. The van der Waals surface area contributed by atoms with Crippen molar-refractivity contribution in [2.75, 3.05) is 53.0 Å². The maximum Gasteiger partial charge on any atom is 0.150 e. The summed E-state index contributed by atoms with van der Waals surface area (Å²) in [5, 5.41) is 5.02. The molecule has 2 unspecified atom stereocenters. The van der Waals surface area contributed by atoms with Gasteiger partial charge in [0.1, 0.15) is 6.23 Å². The van der Waals surface area contributed by atoms with E-state index in [1.54, 1.807) is 0 Å². The van der Waals surface area contributed by atoms with Gasteiger partial charge in [-0.15, -0.1) is 6.54 Å². The van der Waals surface area contributed by atoms with E-state index < -0.39 is 0 Å². The summed E-state index contributed by atoms with van der Waals surface area (Å²) >= 11 is 0. The number of nitrogens with zero attached hydrogens (tertiary/aromatic N) is 4. The van der Waals surface area contributed by atoms with E-state index >= 15 is 0 Å². The Morgan fingerprint density at radius 3 is 2.76 bits per heavy atom. The Balaban J connectivity index is 1.51. The number of allylic oxidation sites excluding steroid dienone is 1. The molecule has 1 aromatic heterocycles. The molecule has 0 saturated carbocycles. The number of hydrogen-bond donors (Lipinski definition) is 0. The highest BCUT2D eigenvalue weighted by molar-refractivity contribution is 5.66. The average molecular weight is 403 g/mol. The molecular weight excluding hydrogens is 366 g/mol. The van der Waals surface area contributed by atoms with Crippen LogP contribution < -0.4 is 0 Å². The predicted molar refractivity (Wildman–Crippen MR) is 115 cm³/mol. The first-order valence-electron chi connectivity index (χ1n) is 11.3. The highest BCUT2D eigenvalue weighted by atomic mass is 16.5. The Morgan fingerprint density at radius 1 is 1.21 bits per heavy atom. The van der Waals surface area contributed by atoms with Gasteiger partial charge in [-0.1, -0.05) is 6.08 Å².